The maximum absolute atomic E-state index is 12.1. The molecule has 0 aromatic heterocycles. The molecule has 12 heteroatoms. The normalized spacial score (nSPS) is 19.7. The predicted octanol–water partition coefficient (Wildman–Crippen LogP) is -1.12. The average molecular weight is 481 g/mol. The first-order chi connectivity index (χ1) is 16.2. The van der Waals surface area contributed by atoms with Gasteiger partial charge in [0.2, 0.25) is 23.6 Å². The van der Waals surface area contributed by atoms with Crippen molar-refractivity contribution >= 4 is 35.6 Å². The average Bonchev–Trinajstić information content (AvgIpc) is 3.48. The highest BCUT2D eigenvalue weighted by molar-refractivity contribution is 5.92. The summed E-state index contributed by atoms with van der Waals surface area (Å²) in [6.45, 7) is 3.89. The summed E-state index contributed by atoms with van der Waals surface area (Å²) in [5.74, 6) is -2.46. The third-order valence-electron chi connectivity index (χ3n) is 5.57. The molecule has 0 spiro atoms. The van der Waals surface area contributed by atoms with Crippen molar-refractivity contribution in [3.05, 3.63) is 12.2 Å². The fourth-order valence-corrected chi connectivity index (χ4v) is 3.95. The molecule has 0 aromatic carbocycles. The molecule has 0 radical (unpaired) electrons. The molecule has 34 heavy (non-hydrogen) atoms. The van der Waals surface area contributed by atoms with Crippen LogP contribution in [0.1, 0.15) is 39.5 Å². The minimum Gasteiger partial charge on any atom is -0.461 e. The van der Waals surface area contributed by atoms with Gasteiger partial charge in [-0.25, -0.2) is 9.59 Å². The van der Waals surface area contributed by atoms with Crippen molar-refractivity contribution in [1.29, 1.82) is 0 Å². The van der Waals surface area contributed by atoms with Gasteiger partial charge in [0.1, 0.15) is 25.3 Å². The Morgan fingerprint density at radius 1 is 0.735 bits per heavy atom. The van der Waals surface area contributed by atoms with Crippen LogP contribution in [0.15, 0.2) is 12.2 Å². The summed E-state index contributed by atoms with van der Waals surface area (Å²) in [5.41, 5.74) is 0. The molecule has 0 unspecified atom stereocenters. The summed E-state index contributed by atoms with van der Waals surface area (Å²) < 4.78 is 9.81. The maximum Gasteiger partial charge on any atom is 0.331 e. The van der Waals surface area contributed by atoms with E-state index in [1.807, 2.05) is 0 Å². The molecule has 4 amide bonds. The van der Waals surface area contributed by atoms with E-state index in [-0.39, 0.29) is 49.9 Å². The summed E-state index contributed by atoms with van der Waals surface area (Å²) >= 11 is 0. The number of amides is 4. The molecule has 188 valence electrons. The molecule has 2 atom stereocenters. The number of likely N-dealkylation sites (tertiary alicyclic amines) is 2. The van der Waals surface area contributed by atoms with Crippen molar-refractivity contribution < 1.29 is 38.2 Å². The van der Waals surface area contributed by atoms with Gasteiger partial charge < -0.3 is 29.9 Å². The topological polar surface area (TPSA) is 151 Å². The first kappa shape index (κ1) is 26.8. The number of hydrogen-bond acceptors (Lipinski definition) is 8. The van der Waals surface area contributed by atoms with Crippen LogP contribution in [0.4, 0.5) is 0 Å². The second kappa shape index (κ2) is 13.3. The number of hydrogen-bond donors (Lipinski definition) is 2. The summed E-state index contributed by atoms with van der Waals surface area (Å²) in [6, 6.07) is -1.00. The minimum atomic E-state index is -0.781. The molecule has 0 aromatic rings. The zero-order chi connectivity index (χ0) is 25.1. The van der Waals surface area contributed by atoms with Gasteiger partial charge in [-0.3, -0.25) is 19.2 Å². The van der Waals surface area contributed by atoms with Gasteiger partial charge in [0.15, 0.2) is 0 Å². The van der Waals surface area contributed by atoms with Gasteiger partial charge >= 0.3 is 11.9 Å². The third kappa shape index (κ3) is 8.16. The SMILES string of the molecule is CC(=O)N1CCC[C@H]1C(=O)NCCOC(=O)/C=C/C(=O)OCCNC(=O)[C@@H]1CCCN1C(C)=O. The largest absolute Gasteiger partial charge is 0.461 e. The number of esters is 2. The smallest absolute Gasteiger partial charge is 0.331 e. The van der Waals surface area contributed by atoms with Gasteiger partial charge in [-0.15, -0.1) is 0 Å². The standard InChI is InChI=1S/C22H32N4O8/c1-15(27)25-11-3-5-17(25)21(31)23-9-13-33-19(29)7-8-20(30)34-14-10-24-22(32)18-6-4-12-26(18)16(2)28/h7-8,17-18H,3-6,9-14H2,1-2H3,(H,23,31)(H,24,32)/b8-7+/t17-,18-/m0/s1. The first-order valence-electron chi connectivity index (χ1n) is 11.3. The van der Waals surface area contributed by atoms with Gasteiger partial charge in [-0.1, -0.05) is 0 Å². The second-order valence-corrected chi connectivity index (χ2v) is 7.99. The van der Waals surface area contributed by atoms with Gasteiger partial charge in [-0.2, -0.15) is 0 Å². The van der Waals surface area contributed by atoms with Gasteiger partial charge in [0, 0.05) is 39.1 Å². The van der Waals surface area contributed by atoms with Gasteiger partial charge in [0.05, 0.1) is 13.1 Å². The van der Waals surface area contributed by atoms with E-state index >= 15 is 0 Å². The monoisotopic (exact) mass is 480 g/mol. The van der Waals surface area contributed by atoms with E-state index in [0.717, 1.165) is 25.0 Å². The highest BCUT2D eigenvalue weighted by atomic mass is 16.5. The lowest BCUT2D eigenvalue weighted by Crippen LogP contribution is -2.46. The lowest BCUT2D eigenvalue weighted by molar-refractivity contribution is -0.141. The lowest BCUT2D eigenvalue weighted by Gasteiger charge is -2.22. The molecule has 0 aliphatic carbocycles. The van der Waals surface area contributed by atoms with Gasteiger partial charge in [-0.05, 0) is 25.7 Å². The van der Waals surface area contributed by atoms with E-state index in [0.29, 0.717) is 25.9 Å². The minimum absolute atomic E-state index is 0.0762. The van der Waals surface area contributed by atoms with E-state index in [2.05, 4.69) is 10.6 Å². The van der Waals surface area contributed by atoms with Crippen LogP contribution in [-0.2, 0) is 38.2 Å². The van der Waals surface area contributed by atoms with Crippen LogP contribution < -0.4 is 10.6 Å². The van der Waals surface area contributed by atoms with Crippen LogP contribution in [0.3, 0.4) is 0 Å². The zero-order valence-electron chi connectivity index (χ0n) is 19.5. The molecule has 12 nitrogen and oxygen atoms in total. The Hall–Kier alpha value is -3.44. The molecule has 2 aliphatic heterocycles. The molecular weight excluding hydrogens is 448 g/mol. The molecular formula is C22H32N4O8. The Morgan fingerprint density at radius 2 is 1.12 bits per heavy atom. The molecule has 2 heterocycles. The number of rotatable bonds is 10. The zero-order valence-corrected chi connectivity index (χ0v) is 19.5. The number of carbonyl (C=O) groups is 6. The lowest BCUT2D eigenvalue weighted by atomic mass is 10.2. The van der Waals surface area contributed by atoms with Crippen LogP contribution >= 0.6 is 0 Å². The number of carbonyl (C=O) groups excluding carboxylic acids is 6. The van der Waals surface area contributed by atoms with E-state index in [4.69, 9.17) is 9.47 Å². The summed E-state index contributed by atoms with van der Waals surface area (Å²) in [4.78, 5) is 73.7. The Labute approximate surface area is 198 Å². The fourth-order valence-electron chi connectivity index (χ4n) is 3.95. The van der Waals surface area contributed by atoms with Crippen molar-refractivity contribution in [2.75, 3.05) is 39.4 Å². The Morgan fingerprint density at radius 3 is 1.47 bits per heavy atom. The van der Waals surface area contributed by atoms with Crippen LogP contribution in [0.5, 0.6) is 0 Å². The van der Waals surface area contributed by atoms with E-state index in [1.54, 1.807) is 0 Å². The maximum atomic E-state index is 12.1. The molecule has 2 N–H and O–H groups in total. The molecule has 2 aliphatic rings. The highest BCUT2D eigenvalue weighted by Crippen LogP contribution is 2.18. The van der Waals surface area contributed by atoms with Crippen LogP contribution in [0, 0.1) is 0 Å². The second-order valence-electron chi connectivity index (χ2n) is 7.99. The van der Waals surface area contributed by atoms with Gasteiger partial charge in [0.25, 0.3) is 0 Å². The van der Waals surface area contributed by atoms with Crippen molar-refractivity contribution in [2.45, 2.75) is 51.6 Å². The Balaban J connectivity index is 1.56. The molecule has 2 fully saturated rings. The summed E-state index contributed by atoms with van der Waals surface area (Å²) in [7, 11) is 0. The van der Waals surface area contributed by atoms with E-state index in [1.165, 1.54) is 23.6 Å². The number of nitrogens with zero attached hydrogens (tertiary/aromatic N) is 2. The van der Waals surface area contributed by atoms with E-state index in [9.17, 15) is 28.8 Å². The predicted molar refractivity (Wildman–Crippen MR) is 118 cm³/mol. The Bertz CT molecular complexity index is 762. The van der Waals surface area contributed by atoms with Crippen molar-refractivity contribution in [1.82, 2.24) is 20.4 Å². The first-order valence-corrected chi connectivity index (χ1v) is 11.3. The molecule has 2 saturated heterocycles. The summed E-state index contributed by atoms with van der Waals surface area (Å²) in [6.07, 6.45) is 4.52. The Kier molecular flexibility index (Phi) is 10.5. The van der Waals surface area contributed by atoms with E-state index < -0.39 is 24.0 Å². The molecule has 0 saturated carbocycles. The van der Waals surface area contributed by atoms with Crippen molar-refractivity contribution in [3.63, 3.8) is 0 Å². The van der Waals surface area contributed by atoms with Crippen LogP contribution in [0.25, 0.3) is 0 Å². The van der Waals surface area contributed by atoms with Crippen LogP contribution in [0.2, 0.25) is 0 Å². The van der Waals surface area contributed by atoms with Crippen LogP contribution in [-0.4, -0.2) is 96.8 Å². The number of nitrogens with one attached hydrogen (secondary N) is 2. The van der Waals surface area contributed by atoms with Crippen molar-refractivity contribution in [3.8, 4) is 0 Å². The van der Waals surface area contributed by atoms with Crippen molar-refractivity contribution in [2.24, 2.45) is 0 Å². The molecule has 0 bridgehead atoms. The quantitative estimate of drug-likeness (QED) is 0.227. The highest BCUT2D eigenvalue weighted by Gasteiger charge is 2.32. The number of ether oxygens (including phenoxy) is 2. The molecule has 2 rings (SSSR count). The summed E-state index contributed by atoms with van der Waals surface area (Å²) in [5, 5.41) is 5.24. The fraction of sp³-hybridized carbons (Fsp3) is 0.636. The third-order valence-corrected chi connectivity index (χ3v) is 5.57.